The van der Waals surface area contributed by atoms with Gasteiger partial charge in [0.1, 0.15) is 18.0 Å². The molecule has 1 saturated heterocycles. The molecule has 0 unspecified atom stereocenters. The molecule has 0 bridgehead atoms. The zero-order valence-corrected chi connectivity index (χ0v) is 24.8. The molecule has 1 fully saturated rings. The van der Waals surface area contributed by atoms with Gasteiger partial charge in [0.2, 0.25) is 15.9 Å². The van der Waals surface area contributed by atoms with Gasteiger partial charge in [-0.15, -0.1) is 0 Å². The fourth-order valence-electron chi connectivity index (χ4n) is 4.18. The maximum atomic E-state index is 13.8. The number of methoxy groups -OCH3 is 1. The fraction of sp³-hybridized carbons (Fsp3) is 0.296. The Morgan fingerprint density at radius 1 is 0.976 bits per heavy atom. The Kier molecular flexibility index (Phi) is 9.76. The number of carbonyl (C=O) groups is 1. The molecule has 220 valence electrons. The van der Waals surface area contributed by atoms with Crippen LogP contribution in [0.5, 0.6) is 11.5 Å². The van der Waals surface area contributed by atoms with E-state index in [0.717, 1.165) is 4.31 Å². The van der Waals surface area contributed by atoms with Gasteiger partial charge in [0.25, 0.3) is 10.0 Å². The number of amides is 1. The van der Waals surface area contributed by atoms with Crippen LogP contribution in [-0.4, -0.2) is 73.6 Å². The average Bonchev–Trinajstić information content (AvgIpc) is 2.97. The first-order chi connectivity index (χ1) is 19.6. The molecular weight excluding hydrogens is 594 g/mol. The zero-order chi connectivity index (χ0) is 29.6. The topological polar surface area (TPSA) is 132 Å². The van der Waals surface area contributed by atoms with Crippen LogP contribution in [0.1, 0.15) is 6.92 Å². The summed E-state index contributed by atoms with van der Waals surface area (Å²) >= 11 is 5.97. The van der Waals surface area contributed by atoms with E-state index in [1.807, 2.05) is 0 Å². The van der Waals surface area contributed by atoms with Gasteiger partial charge < -0.3 is 19.5 Å². The van der Waals surface area contributed by atoms with Crippen molar-refractivity contribution < 1.29 is 35.8 Å². The van der Waals surface area contributed by atoms with Crippen molar-refractivity contribution in [1.82, 2.24) is 4.31 Å². The number of halogens is 1. The van der Waals surface area contributed by atoms with Gasteiger partial charge in [0.05, 0.1) is 48.1 Å². The van der Waals surface area contributed by atoms with Crippen molar-refractivity contribution >= 4 is 48.9 Å². The number of ether oxygens (including phenoxy) is 3. The molecule has 0 saturated carbocycles. The van der Waals surface area contributed by atoms with Crippen molar-refractivity contribution in [3.63, 3.8) is 0 Å². The summed E-state index contributed by atoms with van der Waals surface area (Å²) in [5.41, 5.74) is 0.212. The number of para-hydroxylation sites is 2. The summed E-state index contributed by atoms with van der Waals surface area (Å²) < 4.78 is 72.5. The SMILES string of the molecule is CCOc1ccccc1N(CC(=O)Nc1cc(S(=O)(=O)N2CCOCC2)ccc1OC)S(=O)(=O)c1ccc(Cl)cc1. The van der Waals surface area contributed by atoms with E-state index in [1.165, 1.54) is 59.9 Å². The first kappa shape index (κ1) is 30.6. The Morgan fingerprint density at radius 2 is 1.63 bits per heavy atom. The molecule has 3 aromatic rings. The molecule has 11 nitrogen and oxygen atoms in total. The van der Waals surface area contributed by atoms with Crippen LogP contribution in [0.4, 0.5) is 11.4 Å². The second-order valence-corrected chi connectivity index (χ2v) is 13.0. The summed E-state index contributed by atoms with van der Waals surface area (Å²) in [6.07, 6.45) is 0. The lowest BCUT2D eigenvalue weighted by Gasteiger charge is -2.27. The van der Waals surface area contributed by atoms with Crippen LogP contribution in [-0.2, 0) is 29.6 Å². The summed E-state index contributed by atoms with van der Waals surface area (Å²) in [4.78, 5) is 13.3. The maximum absolute atomic E-state index is 13.8. The number of hydrogen-bond donors (Lipinski definition) is 1. The van der Waals surface area contributed by atoms with Crippen LogP contribution < -0.4 is 19.1 Å². The highest BCUT2D eigenvalue weighted by atomic mass is 35.5. The third kappa shape index (κ3) is 6.93. The molecule has 0 spiro atoms. The lowest BCUT2D eigenvalue weighted by molar-refractivity contribution is -0.114. The van der Waals surface area contributed by atoms with Crippen LogP contribution in [0.3, 0.4) is 0 Å². The number of hydrogen-bond acceptors (Lipinski definition) is 8. The van der Waals surface area contributed by atoms with E-state index in [0.29, 0.717) is 5.02 Å². The molecule has 1 amide bonds. The number of nitrogens with one attached hydrogen (secondary N) is 1. The smallest absolute Gasteiger partial charge is 0.264 e. The molecular formula is C27H30ClN3O8S2. The summed E-state index contributed by atoms with van der Waals surface area (Å²) in [6.45, 7) is 2.32. The second kappa shape index (κ2) is 13.1. The molecule has 4 rings (SSSR count). The van der Waals surface area contributed by atoms with Crippen molar-refractivity contribution in [3.05, 3.63) is 71.8 Å². The first-order valence-corrected chi connectivity index (χ1v) is 15.9. The van der Waals surface area contributed by atoms with Gasteiger partial charge in [-0.05, 0) is 61.5 Å². The van der Waals surface area contributed by atoms with Crippen LogP contribution in [0, 0.1) is 0 Å². The lowest BCUT2D eigenvalue weighted by atomic mass is 10.2. The fourth-order valence-corrected chi connectivity index (χ4v) is 7.17. The summed E-state index contributed by atoms with van der Waals surface area (Å²) in [6, 6.07) is 16.1. The second-order valence-electron chi connectivity index (χ2n) is 8.79. The van der Waals surface area contributed by atoms with Crippen LogP contribution in [0.2, 0.25) is 5.02 Å². The van der Waals surface area contributed by atoms with E-state index in [2.05, 4.69) is 5.32 Å². The largest absolute Gasteiger partial charge is 0.495 e. The Labute approximate surface area is 244 Å². The summed E-state index contributed by atoms with van der Waals surface area (Å²) in [5.74, 6) is -0.286. The highest BCUT2D eigenvalue weighted by molar-refractivity contribution is 7.93. The number of carbonyl (C=O) groups excluding carboxylic acids is 1. The number of rotatable bonds is 11. The highest BCUT2D eigenvalue weighted by Gasteiger charge is 2.31. The Balaban J connectivity index is 1.69. The number of nitrogens with zero attached hydrogens (tertiary/aromatic N) is 2. The monoisotopic (exact) mass is 623 g/mol. The maximum Gasteiger partial charge on any atom is 0.264 e. The highest BCUT2D eigenvalue weighted by Crippen LogP contribution is 2.34. The third-order valence-electron chi connectivity index (χ3n) is 6.18. The predicted molar refractivity (Wildman–Crippen MR) is 155 cm³/mol. The minimum atomic E-state index is -4.27. The van der Waals surface area contributed by atoms with Gasteiger partial charge in [-0.2, -0.15) is 4.31 Å². The number of morpholine rings is 1. The van der Waals surface area contributed by atoms with Crippen molar-refractivity contribution in [2.75, 3.05) is 56.2 Å². The molecule has 1 heterocycles. The summed E-state index contributed by atoms with van der Waals surface area (Å²) in [7, 11) is -6.77. The van der Waals surface area contributed by atoms with Gasteiger partial charge in [-0.3, -0.25) is 9.10 Å². The normalized spacial score (nSPS) is 14.3. The minimum absolute atomic E-state index is 0.0529. The minimum Gasteiger partial charge on any atom is -0.495 e. The van der Waals surface area contributed by atoms with E-state index in [1.54, 1.807) is 25.1 Å². The van der Waals surface area contributed by atoms with Crippen molar-refractivity contribution in [2.24, 2.45) is 0 Å². The van der Waals surface area contributed by atoms with Gasteiger partial charge in [0.15, 0.2) is 0 Å². The number of anilines is 2. The van der Waals surface area contributed by atoms with E-state index >= 15 is 0 Å². The van der Waals surface area contributed by atoms with Crippen LogP contribution in [0.25, 0.3) is 0 Å². The standard InChI is InChI=1S/C27H30ClN3O8S2/c1-3-39-26-7-5-4-6-24(26)31(41(35,36)21-10-8-20(28)9-11-21)19-27(32)29-23-18-22(12-13-25(23)37-2)40(33,34)30-14-16-38-17-15-30/h4-13,18H,3,14-17,19H2,1-2H3,(H,29,32). The molecule has 0 aliphatic carbocycles. The Morgan fingerprint density at radius 3 is 2.29 bits per heavy atom. The lowest BCUT2D eigenvalue weighted by Crippen LogP contribution is -2.40. The van der Waals surface area contributed by atoms with Crippen LogP contribution in [0.15, 0.2) is 76.5 Å². The number of sulfonamides is 2. The molecule has 0 aromatic heterocycles. The Bertz CT molecular complexity index is 1590. The molecule has 0 radical (unpaired) electrons. The first-order valence-electron chi connectivity index (χ1n) is 12.6. The average molecular weight is 624 g/mol. The molecule has 1 aliphatic rings. The number of benzene rings is 3. The van der Waals surface area contributed by atoms with E-state index in [9.17, 15) is 21.6 Å². The molecule has 0 atom stereocenters. The molecule has 3 aromatic carbocycles. The third-order valence-corrected chi connectivity index (χ3v) is 10.1. The quantitative estimate of drug-likeness (QED) is 0.343. The molecule has 1 N–H and O–H groups in total. The van der Waals surface area contributed by atoms with Gasteiger partial charge in [-0.25, -0.2) is 16.8 Å². The van der Waals surface area contributed by atoms with E-state index < -0.39 is 32.5 Å². The molecule has 41 heavy (non-hydrogen) atoms. The zero-order valence-electron chi connectivity index (χ0n) is 22.4. The Hall–Kier alpha value is -3.36. The molecule has 1 aliphatic heterocycles. The van der Waals surface area contributed by atoms with Crippen molar-refractivity contribution in [1.29, 1.82) is 0 Å². The van der Waals surface area contributed by atoms with E-state index in [-0.39, 0.29) is 65.6 Å². The molecule has 14 heteroatoms. The van der Waals surface area contributed by atoms with E-state index in [4.69, 9.17) is 25.8 Å². The van der Waals surface area contributed by atoms with Crippen molar-refractivity contribution in [2.45, 2.75) is 16.7 Å². The summed E-state index contributed by atoms with van der Waals surface area (Å²) in [5, 5.41) is 2.97. The predicted octanol–water partition coefficient (Wildman–Crippen LogP) is 3.60. The van der Waals surface area contributed by atoms with Gasteiger partial charge >= 0.3 is 0 Å². The van der Waals surface area contributed by atoms with Crippen LogP contribution >= 0.6 is 11.6 Å². The van der Waals surface area contributed by atoms with Crippen molar-refractivity contribution in [3.8, 4) is 11.5 Å². The van der Waals surface area contributed by atoms with Gasteiger partial charge in [0, 0.05) is 18.1 Å². The van der Waals surface area contributed by atoms with Gasteiger partial charge in [-0.1, -0.05) is 23.7 Å².